The van der Waals surface area contributed by atoms with E-state index in [-0.39, 0.29) is 0 Å². The van der Waals surface area contributed by atoms with E-state index in [0.717, 1.165) is 26.2 Å². The van der Waals surface area contributed by atoms with Gasteiger partial charge in [0.05, 0.1) is 13.1 Å². The third-order valence-corrected chi connectivity index (χ3v) is 5.08. The van der Waals surface area contributed by atoms with Gasteiger partial charge >= 0.3 is 0 Å². The largest absolute Gasteiger partial charge is 0.349 e. The van der Waals surface area contributed by atoms with Crippen molar-refractivity contribution in [3.63, 3.8) is 0 Å². The lowest BCUT2D eigenvalue weighted by atomic mass is 9.94. The molecule has 0 N–H and O–H groups in total. The van der Waals surface area contributed by atoms with Crippen LogP contribution in [0.3, 0.4) is 0 Å². The molecule has 6 nitrogen and oxygen atoms in total. The summed E-state index contributed by atoms with van der Waals surface area (Å²) in [4.78, 5) is 4.63. The van der Waals surface area contributed by atoms with Gasteiger partial charge in [-0.3, -0.25) is 0 Å². The monoisotopic (exact) mass is 404 g/mol. The average molecular weight is 405 g/mol. The molecule has 0 aromatic heterocycles. The third kappa shape index (κ3) is 11.1. The van der Waals surface area contributed by atoms with Crippen LogP contribution in [0.4, 0.5) is 0 Å². The Morgan fingerprint density at radius 2 is 0.857 bits per heavy atom. The van der Waals surface area contributed by atoms with Crippen molar-refractivity contribution in [2.24, 2.45) is 11.8 Å². The summed E-state index contributed by atoms with van der Waals surface area (Å²) in [6, 6.07) is 0. The van der Waals surface area contributed by atoms with E-state index in [0.29, 0.717) is 38.3 Å². The lowest BCUT2D eigenvalue weighted by molar-refractivity contribution is -0.230. The van der Waals surface area contributed by atoms with Crippen LogP contribution in [0, 0.1) is 11.8 Å². The van der Waals surface area contributed by atoms with Crippen LogP contribution >= 0.6 is 0 Å². The normalized spacial score (nSPS) is 15.4. The summed E-state index contributed by atoms with van der Waals surface area (Å²) in [5.41, 5.74) is 0. The van der Waals surface area contributed by atoms with Gasteiger partial charge in [0.15, 0.2) is 11.6 Å². The molecule has 0 aliphatic carbocycles. The number of nitrogens with zero attached hydrogens (tertiary/aromatic N) is 2. The molecule has 0 aromatic carbocycles. The molecule has 0 heterocycles. The Bertz CT molecular complexity index is 347. The van der Waals surface area contributed by atoms with E-state index in [1.165, 1.54) is 0 Å². The molecule has 0 spiro atoms. The molecule has 2 atom stereocenters. The topological polar surface area (TPSA) is 43.4 Å². The van der Waals surface area contributed by atoms with Crippen molar-refractivity contribution in [1.82, 2.24) is 9.80 Å². The summed E-state index contributed by atoms with van der Waals surface area (Å²) in [5.74, 6) is -0.000332. The fraction of sp³-hybridized carbons (Fsp3) is 1.00. The quantitative estimate of drug-likeness (QED) is 0.344. The second kappa shape index (κ2) is 13.9. The molecule has 0 amide bonds. The molecule has 0 radical (unpaired) electrons. The highest BCUT2D eigenvalue weighted by molar-refractivity contribution is 4.75. The van der Waals surface area contributed by atoms with Gasteiger partial charge < -0.3 is 28.7 Å². The van der Waals surface area contributed by atoms with Crippen LogP contribution in [0.1, 0.15) is 55.4 Å². The molecular formula is C22H48N2O4. The molecule has 0 saturated carbocycles. The number of hydrogen-bond acceptors (Lipinski definition) is 6. The minimum Gasteiger partial charge on any atom is -0.349 e. The maximum Gasteiger partial charge on any atom is 0.178 e. The van der Waals surface area contributed by atoms with Crippen molar-refractivity contribution in [3.8, 4) is 0 Å². The van der Waals surface area contributed by atoms with Crippen LogP contribution in [-0.2, 0) is 18.9 Å². The number of hydrogen-bond donors (Lipinski definition) is 0. The first-order valence-electron chi connectivity index (χ1n) is 11.0. The van der Waals surface area contributed by atoms with Crippen molar-refractivity contribution in [3.05, 3.63) is 0 Å². The Kier molecular flexibility index (Phi) is 13.8. The zero-order valence-corrected chi connectivity index (χ0v) is 20.3. The number of likely N-dealkylation sites (N-methyl/N-ethyl adjacent to an activating group) is 2. The fourth-order valence-electron chi connectivity index (χ4n) is 3.94. The molecule has 6 heteroatoms. The first-order chi connectivity index (χ1) is 13.0. The first kappa shape index (κ1) is 27.8. The maximum atomic E-state index is 5.85. The van der Waals surface area contributed by atoms with Gasteiger partial charge in [-0.25, -0.2) is 0 Å². The van der Waals surface area contributed by atoms with Gasteiger partial charge in [0.2, 0.25) is 0 Å². The molecule has 0 aromatic rings. The minimum absolute atomic E-state index is 0.547. The highest BCUT2D eigenvalue weighted by Crippen LogP contribution is 2.20. The zero-order chi connectivity index (χ0) is 21.8. The highest BCUT2D eigenvalue weighted by atomic mass is 16.7. The average Bonchev–Trinajstić information content (AvgIpc) is 2.54. The predicted octanol–water partition coefficient (Wildman–Crippen LogP) is 3.70. The molecule has 0 rings (SSSR count). The molecule has 0 saturated heterocycles. The van der Waals surface area contributed by atoms with Gasteiger partial charge in [0.1, 0.15) is 0 Å². The summed E-state index contributed by atoms with van der Waals surface area (Å²) in [6.07, 6.45) is 0. The van der Waals surface area contributed by atoms with Gasteiger partial charge in [0, 0.05) is 39.5 Å². The number of ether oxygens (including phenoxy) is 4. The minimum atomic E-state index is -0.547. The van der Waals surface area contributed by atoms with Crippen molar-refractivity contribution in [1.29, 1.82) is 0 Å². The number of rotatable bonds is 17. The van der Waals surface area contributed by atoms with E-state index in [1.807, 2.05) is 41.5 Å². The molecule has 0 bridgehead atoms. The first-order valence-corrected chi connectivity index (χ1v) is 11.0. The Morgan fingerprint density at radius 1 is 0.607 bits per heavy atom. The second-order valence-electron chi connectivity index (χ2n) is 8.35. The van der Waals surface area contributed by atoms with Gasteiger partial charge in [-0.05, 0) is 67.5 Å². The van der Waals surface area contributed by atoms with Gasteiger partial charge in [-0.2, -0.15) is 0 Å². The molecule has 170 valence electrons. The molecule has 28 heavy (non-hydrogen) atoms. The third-order valence-electron chi connectivity index (χ3n) is 5.08. The molecule has 0 fully saturated rings. The lowest BCUT2D eigenvalue weighted by Gasteiger charge is -2.37. The van der Waals surface area contributed by atoms with Crippen molar-refractivity contribution in [2.75, 3.05) is 66.7 Å². The highest BCUT2D eigenvalue weighted by Gasteiger charge is 2.30. The summed E-state index contributed by atoms with van der Waals surface area (Å²) in [7, 11) is 4.29. The van der Waals surface area contributed by atoms with E-state index in [2.05, 4.69) is 37.7 Å². The molecule has 2 unspecified atom stereocenters. The SMILES string of the molecule is CCOC(C)(CN(C)CC(C)C(C)CN(C)CC(C)(OCC)OCC)OCC. The molecule has 0 aliphatic rings. The molecular weight excluding hydrogens is 356 g/mol. The van der Waals surface area contributed by atoms with E-state index in [9.17, 15) is 0 Å². The van der Waals surface area contributed by atoms with Crippen LogP contribution < -0.4 is 0 Å². The Labute approximate surface area is 174 Å². The van der Waals surface area contributed by atoms with Gasteiger partial charge in [0.25, 0.3) is 0 Å². The van der Waals surface area contributed by atoms with Crippen molar-refractivity contribution >= 4 is 0 Å². The van der Waals surface area contributed by atoms with Crippen LogP contribution in [0.15, 0.2) is 0 Å². The summed E-state index contributed by atoms with van der Waals surface area (Å²) in [6.45, 7) is 22.9. The molecule has 0 aliphatic heterocycles. The summed E-state index contributed by atoms with van der Waals surface area (Å²) >= 11 is 0. The predicted molar refractivity (Wildman–Crippen MR) is 117 cm³/mol. The Morgan fingerprint density at radius 3 is 1.07 bits per heavy atom. The Hall–Kier alpha value is -0.240. The Balaban J connectivity index is 4.61. The van der Waals surface area contributed by atoms with E-state index < -0.39 is 11.6 Å². The van der Waals surface area contributed by atoms with Gasteiger partial charge in [-0.1, -0.05) is 13.8 Å². The lowest BCUT2D eigenvalue weighted by Crippen LogP contribution is -2.47. The zero-order valence-electron chi connectivity index (χ0n) is 20.3. The smallest absolute Gasteiger partial charge is 0.178 e. The van der Waals surface area contributed by atoms with Crippen molar-refractivity contribution < 1.29 is 18.9 Å². The van der Waals surface area contributed by atoms with E-state index >= 15 is 0 Å². The standard InChI is InChI=1S/C22H48N2O4/c1-11-25-21(7,26-12-2)17-23(9)15-19(5)20(6)16-24(10)18-22(8,27-13-3)28-14-4/h19-20H,11-18H2,1-10H3. The van der Waals surface area contributed by atoms with Crippen LogP contribution in [0.2, 0.25) is 0 Å². The van der Waals surface area contributed by atoms with Crippen LogP contribution in [-0.4, -0.2) is 88.1 Å². The fourth-order valence-corrected chi connectivity index (χ4v) is 3.94. The van der Waals surface area contributed by atoms with Crippen LogP contribution in [0.5, 0.6) is 0 Å². The van der Waals surface area contributed by atoms with E-state index in [4.69, 9.17) is 18.9 Å². The van der Waals surface area contributed by atoms with Crippen LogP contribution in [0.25, 0.3) is 0 Å². The van der Waals surface area contributed by atoms with E-state index in [1.54, 1.807) is 0 Å². The maximum absolute atomic E-state index is 5.85. The van der Waals surface area contributed by atoms with Crippen molar-refractivity contribution in [2.45, 2.75) is 67.0 Å². The summed E-state index contributed by atoms with van der Waals surface area (Å²) < 4.78 is 23.4. The van der Waals surface area contributed by atoms with Gasteiger partial charge in [-0.15, -0.1) is 0 Å². The second-order valence-corrected chi connectivity index (χ2v) is 8.35. The summed E-state index contributed by atoms with van der Waals surface area (Å²) in [5, 5.41) is 0.